The average molecular weight is 444 g/mol. The van der Waals surface area contributed by atoms with Gasteiger partial charge in [-0.05, 0) is 57.3 Å². The Morgan fingerprint density at radius 1 is 1.29 bits per heavy atom. The molecule has 7 nitrogen and oxygen atoms in total. The molecule has 31 heavy (non-hydrogen) atoms. The van der Waals surface area contributed by atoms with Gasteiger partial charge in [-0.15, -0.1) is 0 Å². The molecule has 2 heterocycles. The first-order chi connectivity index (χ1) is 14.7. The summed E-state index contributed by atoms with van der Waals surface area (Å²) >= 11 is 0. The Kier molecular flexibility index (Phi) is 7.34. The number of fused-ring (bicyclic) bond motifs is 1. The number of hydrogen-bond donors (Lipinski definition) is 1. The maximum atomic E-state index is 13.4. The minimum Gasteiger partial charge on any atom is -0.487 e. The van der Waals surface area contributed by atoms with Crippen LogP contribution < -0.4 is 4.74 Å². The van der Waals surface area contributed by atoms with Gasteiger partial charge in [0.25, 0.3) is 0 Å². The third-order valence-corrected chi connectivity index (χ3v) is 7.23. The van der Waals surface area contributed by atoms with Gasteiger partial charge in [0.15, 0.2) is 0 Å². The molecule has 0 unspecified atom stereocenters. The van der Waals surface area contributed by atoms with E-state index in [-0.39, 0.29) is 35.8 Å². The lowest BCUT2D eigenvalue weighted by Gasteiger charge is -2.37. The molecule has 0 bridgehead atoms. The highest BCUT2D eigenvalue weighted by Gasteiger charge is 2.37. The predicted molar refractivity (Wildman–Crippen MR) is 119 cm³/mol. The maximum absolute atomic E-state index is 13.4. The Hall–Kier alpha value is -2.44. The van der Waals surface area contributed by atoms with E-state index in [2.05, 4.69) is 16.8 Å². The lowest BCUT2D eigenvalue weighted by atomic mass is 10.0. The summed E-state index contributed by atoms with van der Waals surface area (Å²) in [5.74, 6) is 6.22. The minimum atomic E-state index is -3.85. The molecule has 0 saturated carbocycles. The fourth-order valence-corrected chi connectivity index (χ4v) is 5.28. The van der Waals surface area contributed by atoms with E-state index < -0.39 is 16.1 Å². The van der Waals surface area contributed by atoms with Crippen LogP contribution in [-0.4, -0.2) is 73.7 Å². The molecule has 1 aliphatic heterocycles. The van der Waals surface area contributed by atoms with Crippen LogP contribution in [0.3, 0.4) is 0 Å². The van der Waals surface area contributed by atoms with Crippen molar-refractivity contribution in [2.45, 2.75) is 30.9 Å². The Morgan fingerprint density at radius 2 is 2.06 bits per heavy atom. The minimum absolute atomic E-state index is 0.0809. The Labute approximate surface area is 184 Å². The molecule has 0 aliphatic carbocycles. The number of aliphatic hydroxyl groups excluding tert-OH is 1. The lowest BCUT2D eigenvalue weighted by molar-refractivity contribution is 0.0812. The first-order valence-electron chi connectivity index (χ1n) is 10.2. The summed E-state index contributed by atoms with van der Waals surface area (Å²) in [6, 6.07) is 9.83. The van der Waals surface area contributed by atoms with Crippen LogP contribution in [0.2, 0.25) is 0 Å². The smallest absolute Gasteiger partial charge is 0.247 e. The standard InChI is InChI=1S/C23H29N3O4S/c1-17-14-26(18(2)16-27)31(28,29)23-11-9-19(8-10-20-7-5-6-12-24-20)13-21(23)30-22(17)15-25(3)4/h5-7,9,11-13,17-18,22,27H,14-16H2,1-4H3/t17-,18+,22+/m0/s1. The van der Waals surface area contributed by atoms with Crippen LogP contribution in [0.5, 0.6) is 5.75 Å². The number of pyridine rings is 1. The molecule has 0 spiro atoms. The Bertz CT molecular complexity index is 1060. The molecule has 2 aromatic rings. The molecule has 0 amide bonds. The summed E-state index contributed by atoms with van der Waals surface area (Å²) < 4.78 is 34.5. The van der Waals surface area contributed by atoms with E-state index in [9.17, 15) is 13.5 Å². The monoisotopic (exact) mass is 443 g/mol. The van der Waals surface area contributed by atoms with E-state index in [1.54, 1.807) is 25.3 Å². The Morgan fingerprint density at radius 3 is 2.71 bits per heavy atom. The van der Waals surface area contributed by atoms with Gasteiger partial charge in [0.1, 0.15) is 22.4 Å². The highest BCUT2D eigenvalue weighted by molar-refractivity contribution is 7.89. The number of hydrogen-bond acceptors (Lipinski definition) is 6. The van der Waals surface area contributed by atoms with Crippen LogP contribution in [0.1, 0.15) is 25.1 Å². The summed E-state index contributed by atoms with van der Waals surface area (Å²) in [7, 11) is 0.0590. The molecular weight excluding hydrogens is 414 g/mol. The van der Waals surface area contributed by atoms with Gasteiger partial charge in [-0.25, -0.2) is 13.4 Å². The van der Waals surface area contributed by atoms with Gasteiger partial charge in [0, 0.05) is 36.8 Å². The second-order valence-electron chi connectivity index (χ2n) is 8.13. The van der Waals surface area contributed by atoms with Crippen molar-refractivity contribution in [2.75, 3.05) is 33.8 Å². The summed E-state index contributed by atoms with van der Waals surface area (Å²) in [5, 5.41) is 9.68. The number of likely N-dealkylation sites (N-methyl/N-ethyl adjacent to an activating group) is 1. The molecule has 3 atom stereocenters. The molecule has 1 aromatic carbocycles. The molecular formula is C23H29N3O4S. The van der Waals surface area contributed by atoms with Crippen molar-refractivity contribution < 1.29 is 18.3 Å². The summed E-state index contributed by atoms with van der Waals surface area (Å²) in [6.07, 6.45) is 1.45. The molecule has 0 radical (unpaired) electrons. The fourth-order valence-electron chi connectivity index (χ4n) is 3.45. The zero-order valence-corrected chi connectivity index (χ0v) is 19.1. The van der Waals surface area contributed by atoms with Crippen molar-refractivity contribution in [2.24, 2.45) is 5.92 Å². The maximum Gasteiger partial charge on any atom is 0.247 e. The molecule has 3 rings (SSSR count). The third kappa shape index (κ3) is 5.43. The third-order valence-electron chi connectivity index (χ3n) is 5.21. The van der Waals surface area contributed by atoms with Gasteiger partial charge < -0.3 is 14.7 Å². The van der Waals surface area contributed by atoms with Crippen molar-refractivity contribution >= 4 is 10.0 Å². The van der Waals surface area contributed by atoms with Gasteiger partial charge >= 0.3 is 0 Å². The fraction of sp³-hybridized carbons (Fsp3) is 0.435. The number of sulfonamides is 1. The van der Waals surface area contributed by atoms with Crippen LogP contribution in [0, 0.1) is 17.8 Å². The van der Waals surface area contributed by atoms with Crippen molar-refractivity contribution in [1.29, 1.82) is 0 Å². The van der Waals surface area contributed by atoms with Crippen molar-refractivity contribution in [1.82, 2.24) is 14.2 Å². The van der Waals surface area contributed by atoms with Crippen molar-refractivity contribution in [3.05, 3.63) is 53.9 Å². The summed E-state index contributed by atoms with van der Waals surface area (Å²) in [6.45, 7) is 4.32. The quantitative estimate of drug-likeness (QED) is 0.726. The topological polar surface area (TPSA) is 83.0 Å². The van der Waals surface area contributed by atoms with E-state index in [0.29, 0.717) is 17.8 Å². The summed E-state index contributed by atoms with van der Waals surface area (Å²) in [4.78, 5) is 6.29. The molecule has 0 saturated heterocycles. The van der Waals surface area contributed by atoms with Crippen LogP contribution in [0.15, 0.2) is 47.5 Å². The van der Waals surface area contributed by atoms with Crippen molar-refractivity contribution in [3.63, 3.8) is 0 Å². The number of nitrogens with zero attached hydrogens (tertiary/aromatic N) is 3. The summed E-state index contributed by atoms with van der Waals surface area (Å²) in [5.41, 5.74) is 1.27. The lowest BCUT2D eigenvalue weighted by Crippen LogP contribution is -2.49. The molecule has 0 fully saturated rings. The van der Waals surface area contributed by atoms with Gasteiger partial charge in [-0.1, -0.05) is 18.9 Å². The van der Waals surface area contributed by atoms with Gasteiger partial charge in [0.2, 0.25) is 10.0 Å². The van der Waals surface area contributed by atoms with Gasteiger partial charge in [-0.2, -0.15) is 4.31 Å². The van der Waals surface area contributed by atoms with Gasteiger partial charge in [-0.3, -0.25) is 0 Å². The number of aromatic nitrogens is 1. The van der Waals surface area contributed by atoms with Crippen molar-refractivity contribution in [3.8, 4) is 17.6 Å². The Balaban J connectivity index is 2.08. The van der Waals surface area contributed by atoms with E-state index in [0.717, 1.165) is 0 Å². The first kappa shape index (κ1) is 23.2. The second kappa shape index (κ2) is 9.79. The van der Waals surface area contributed by atoms with E-state index in [1.807, 2.05) is 44.1 Å². The molecule has 1 N–H and O–H groups in total. The highest BCUT2D eigenvalue weighted by atomic mass is 32.2. The van der Waals surface area contributed by atoms with E-state index in [4.69, 9.17) is 4.74 Å². The number of aliphatic hydroxyl groups is 1. The molecule has 166 valence electrons. The SMILES string of the molecule is C[C@H](CO)N1C[C@H](C)[C@@H](CN(C)C)Oc2cc(C#Cc3ccccn3)ccc2S1(=O)=O. The molecule has 1 aliphatic rings. The zero-order chi connectivity index (χ0) is 22.6. The average Bonchev–Trinajstić information content (AvgIpc) is 2.74. The van der Waals surface area contributed by atoms with Crippen LogP contribution >= 0.6 is 0 Å². The highest BCUT2D eigenvalue weighted by Crippen LogP contribution is 2.34. The normalized spacial score (nSPS) is 21.7. The number of benzene rings is 1. The zero-order valence-electron chi connectivity index (χ0n) is 18.3. The van der Waals surface area contributed by atoms with E-state index >= 15 is 0 Å². The predicted octanol–water partition coefficient (Wildman–Crippen LogP) is 1.81. The van der Waals surface area contributed by atoms with Crippen LogP contribution in [-0.2, 0) is 10.0 Å². The van der Waals surface area contributed by atoms with Crippen LogP contribution in [0.4, 0.5) is 0 Å². The van der Waals surface area contributed by atoms with E-state index in [1.165, 1.54) is 10.4 Å². The largest absolute Gasteiger partial charge is 0.487 e. The van der Waals surface area contributed by atoms with Crippen LogP contribution in [0.25, 0.3) is 0 Å². The second-order valence-corrected chi connectivity index (χ2v) is 9.99. The molecule has 8 heteroatoms. The van der Waals surface area contributed by atoms with Gasteiger partial charge in [0.05, 0.1) is 6.61 Å². The molecule has 1 aromatic heterocycles. The first-order valence-corrected chi connectivity index (χ1v) is 11.7. The number of rotatable bonds is 4. The number of ether oxygens (including phenoxy) is 1.